The molecular weight excluding hydrogens is 271 g/mol. The van der Waals surface area contributed by atoms with Crippen LogP contribution in [0.2, 0.25) is 0 Å². The topological polar surface area (TPSA) is 62.1 Å². The fourth-order valence-corrected chi connectivity index (χ4v) is 1.74. The third-order valence-corrected chi connectivity index (χ3v) is 2.85. The Kier molecular flexibility index (Phi) is 5.13. The molecule has 0 spiro atoms. The van der Waals surface area contributed by atoms with E-state index in [0.717, 1.165) is 4.46 Å². The van der Waals surface area contributed by atoms with Crippen LogP contribution in [0.1, 0.15) is 0 Å². The maximum absolute atomic E-state index is 11.2. The van der Waals surface area contributed by atoms with Gasteiger partial charge in [0.2, 0.25) is 0 Å². The summed E-state index contributed by atoms with van der Waals surface area (Å²) in [5.41, 5.74) is 0.645. The summed E-state index contributed by atoms with van der Waals surface area (Å²) in [6.45, 7) is 3.62. The summed E-state index contributed by atoms with van der Waals surface area (Å²) in [6.07, 6.45) is 0.983. The molecule has 4 nitrogen and oxygen atoms in total. The molecule has 1 aromatic carbocycles. The molecule has 0 aliphatic heterocycles. The summed E-state index contributed by atoms with van der Waals surface area (Å²) in [4.78, 5) is 13.3. The standard InChI is InChI=1S/C11H10N2O2Se/c1-2-7-15-11(14)13-9-3-5-10(6-4-9)16-8-12/h2-6H,1,7H2,(H,13,14). The Balaban J connectivity index is 2.52. The van der Waals surface area contributed by atoms with Gasteiger partial charge in [0.05, 0.1) is 0 Å². The Morgan fingerprint density at radius 1 is 1.56 bits per heavy atom. The minimum absolute atomic E-state index is 0.165. The van der Waals surface area contributed by atoms with Crippen molar-refractivity contribution in [2.75, 3.05) is 11.9 Å². The van der Waals surface area contributed by atoms with E-state index in [4.69, 9.17) is 10.00 Å². The predicted octanol–water partition coefficient (Wildman–Crippen LogP) is 1.23. The van der Waals surface area contributed by atoms with Crippen LogP contribution in [-0.4, -0.2) is 27.7 Å². The summed E-state index contributed by atoms with van der Waals surface area (Å²) < 4.78 is 5.73. The van der Waals surface area contributed by atoms with Crippen molar-refractivity contribution in [2.45, 2.75) is 0 Å². The molecular formula is C11H10N2O2Se. The first-order valence-electron chi connectivity index (χ1n) is 4.47. The Hall–Kier alpha value is -1.76. The van der Waals surface area contributed by atoms with Gasteiger partial charge in [-0.2, -0.15) is 0 Å². The van der Waals surface area contributed by atoms with Crippen LogP contribution in [0.25, 0.3) is 0 Å². The number of amides is 1. The zero-order valence-electron chi connectivity index (χ0n) is 8.47. The first-order chi connectivity index (χ1) is 7.76. The zero-order valence-corrected chi connectivity index (χ0v) is 10.2. The van der Waals surface area contributed by atoms with Gasteiger partial charge in [0.25, 0.3) is 0 Å². The van der Waals surface area contributed by atoms with Crippen molar-refractivity contribution in [1.29, 1.82) is 5.26 Å². The number of hydrogen-bond acceptors (Lipinski definition) is 3. The molecule has 0 atom stereocenters. The second-order valence-corrected chi connectivity index (χ2v) is 4.53. The molecule has 1 rings (SSSR count). The van der Waals surface area contributed by atoms with E-state index in [1.165, 1.54) is 6.08 Å². The van der Waals surface area contributed by atoms with E-state index in [1.54, 1.807) is 12.1 Å². The first kappa shape index (κ1) is 12.3. The molecule has 0 aliphatic rings. The fourth-order valence-electron chi connectivity index (χ4n) is 0.948. The number of nitrogens with one attached hydrogen (secondary N) is 1. The van der Waals surface area contributed by atoms with Crippen molar-refractivity contribution in [1.82, 2.24) is 0 Å². The molecule has 1 N–H and O–H groups in total. The van der Waals surface area contributed by atoms with Gasteiger partial charge in [0, 0.05) is 0 Å². The zero-order chi connectivity index (χ0) is 11.8. The van der Waals surface area contributed by atoms with Crippen molar-refractivity contribution in [3.63, 3.8) is 0 Å². The Labute approximate surface area is 100 Å². The Morgan fingerprint density at radius 3 is 2.81 bits per heavy atom. The Bertz CT molecular complexity index is 409. The van der Waals surface area contributed by atoms with Gasteiger partial charge in [-0.15, -0.1) is 0 Å². The van der Waals surface area contributed by atoms with Gasteiger partial charge in [0.15, 0.2) is 0 Å². The summed E-state index contributed by atoms with van der Waals surface area (Å²) in [7, 11) is 0. The SMILES string of the molecule is C=CCOC(=O)Nc1ccc([Se]C#N)cc1. The van der Waals surface area contributed by atoms with Crippen LogP contribution in [-0.2, 0) is 4.74 Å². The molecule has 0 bridgehead atoms. The third kappa shape index (κ3) is 4.18. The molecule has 0 unspecified atom stereocenters. The quantitative estimate of drug-likeness (QED) is 0.667. The number of hydrogen-bond donors (Lipinski definition) is 1. The van der Waals surface area contributed by atoms with Crippen LogP contribution in [0.3, 0.4) is 0 Å². The van der Waals surface area contributed by atoms with Crippen LogP contribution < -0.4 is 9.78 Å². The van der Waals surface area contributed by atoms with Gasteiger partial charge >= 0.3 is 99.8 Å². The van der Waals surface area contributed by atoms with Gasteiger partial charge in [-0.25, -0.2) is 0 Å². The normalized spacial score (nSPS) is 8.94. The van der Waals surface area contributed by atoms with E-state index in [1.807, 2.05) is 12.1 Å². The van der Waals surface area contributed by atoms with E-state index in [-0.39, 0.29) is 21.6 Å². The van der Waals surface area contributed by atoms with Gasteiger partial charge in [-0.1, -0.05) is 0 Å². The number of rotatable bonds is 4. The van der Waals surface area contributed by atoms with Crippen molar-refractivity contribution in [2.24, 2.45) is 0 Å². The molecule has 0 radical (unpaired) electrons. The van der Waals surface area contributed by atoms with Gasteiger partial charge in [0.1, 0.15) is 0 Å². The van der Waals surface area contributed by atoms with Gasteiger partial charge in [-0.05, 0) is 0 Å². The predicted molar refractivity (Wildman–Crippen MR) is 62.6 cm³/mol. The molecule has 0 heterocycles. The summed E-state index contributed by atoms with van der Waals surface area (Å²) >= 11 is -0.165. The van der Waals surface area contributed by atoms with E-state index in [9.17, 15) is 4.79 Å². The van der Waals surface area contributed by atoms with E-state index >= 15 is 0 Å². The molecule has 82 valence electrons. The number of carbonyl (C=O) groups is 1. The van der Waals surface area contributed by atoms with Crippen LogP contribution in [0, 0.1) is 10.2 Å². The fraction of sp³-hybridized carbons (Fsp3) is 0.0909. The van der Waals surface area contributed by atoms with E-state index in [2.05, 4.69) is 16.9 Å². The van der Waals surface area contributed by atoms with Crippen molar-refractivity contribution < 1.29 is 9.53 Å². The number of nitrogens with zero attached hydrogens (tertiary/aromatic N) is 1. The third-order valence-electron chi connectivity index (χ3n) is 1.60. The average Bonchev–Trinajstić information content (AvgIpc) is 2.29. The molecule has 0 saturated heterocycles. The van der Waals surface area contributed by atoms with Crippen molar-refractivity contribution in [3.8, 4) is 4.97 Å². The average molecular weight is 281 g/mol. The van der Waals surface area contributed by atoms with Crippen molar-refractivity contribution in [3.05, 3.63) is 36.9 Å². The molecule has 0 fully saturated rings. The Morgan fingerprint density at radius 2 is 2.25 bits per heavy atom. The molecule has 16 heavy (non-hydrogen) atoms. The molecule has 1 amide bonds. The summed E-state index contributed by atoms with van der Waals surface area (Å²) in [5, 5.41) is 11.1. The van der Waals surface area contributed by atoms with E-state index < -0.39 is 6.09 Å². The first-order valence-corrected chi connectivity index (χ1v) is 6.18. The van der Waals surface area contributed by atoms with Gasteiger partial charge in [-0.3, -0.25) is 0 Å². The van der Waals surface area contributed by atoms with Gasteiger partial charge < -0.3 is 0 Å². The number of carbonyl (C=O) groups excluding carboxylic acids is 1. The molecule has 0 aliphatic carbocycles. The van der Waals surface area contributed by atoms with Crippen LogP contribution in [0.4, 0.5) is 10.5 Å². The molecule has 1 aromatic rings. The summed E-state index contributed by atoms with van der Waals surface area (Å²) in [6, 6.07) is 7.10. The molecule has 0 saturated carbocycles. The van der Waals surface area contributed by atoms with E-state index in [0.29, 0.717) is 5.69 Å². The molecule has 5 heteroatoms. The number of nitriles is 1. The number of benzene rings is 1. The summed E-state index contributed by atoms with van der Waals surface area (Å²) in [5.74, 6) is 0. The van der Waals surface area contributed by atoms with Crippen molar-refractivity contribution >= 4 is 31.2 Å². The molecule has 0 aromatic heterocycles. The second-order valence-electron chi connectivity index (χ2n) is 2.73. The number of ether oxygens (including phenoxy) is 1. The number of anilines is 1. The maximum atomic E-state index is 11.2. The minimum atomic E-state index is -0.515. The van der Waals surface area contributed by atoms with Crippen LogP contribution in [0.5, 0.6) is 0 Å². The second kappa shape index (κ2) is 6.67. The van der Waals surface area contributed by atoms with Crippen LogP contribution >= 0.6 is 0 Å². The van der Waals surface area contributed by atoms with Crippen LogP contribution in [0.15, 0.2) is 36.9 Å². The monoisotopic (exact) mass is 282 g/mol.